The highest BCUT2D eigenvalue weighted by molar-refractivity contribution is 7.10. The number of likely N-dealkylation sites (tertiary alicyclic amines) is 1. The summed E-state index contributed by atoms with van der Waals surface area (Å²) < 4.78 is 5.93. The van der Waals surface area contributed by atoms with E-state index < -0.39 is 0 Å². The van der Waals surface area contributed by atoms with Crippen LogP contribution in [0, 0.1) is 0 Å². The number of anilines is 1. The predicted octanol–water partition coefficient (Wildman–Crippen LogP) is 5.32. The zero-order valence-corrected chi connectivity index (χ0v) is 15.8. The molecule has 4 nitrogen and oxygen atoms in total. The summed E-state index contributed by atoms with van der Waals surface area (Å²) in [5.74, 6) is 1.38. The van der Waals surface area contributed by atoms with Crippen molar-refractivity contribution >= 4 is 22.9 Å². The molecule has 0 aliphatic carbocycles. The molecule has 1 aliphatic rings. The number of thiophene rings is 1. The summed E-state index contributed by atoms with van der Waals surface area (Å²) in [4.78, 5) is 16.3. The van der Waals surface area contributed by atoms with Gasteiger partial charge < -0.3 is 10.1 Å². The minimum atomic E-state index is -0.0115. The van der Waals surface area contributed by atoms with E-state index in [0.717, 1.165) is 25.1 Å². The van der Waals surface area contributed by atoms with Crippen LogP contribution in [0.1, 0.15) is 23.8 Å². The van der Waals surface area contributed by atoms with Crippen molar-refractivity contribution in [3.05, 3.63) is 77.0 Å². The van der Waals surface area contributed by atoms with E-state index in [-0.39, 0.29) is 5.91 Å². The lowest BCUT2D eigenvalue weighted by atomic mass is 10.2. The van der Waals surface area contributed by atoms with Gasteiger partial charge in [0.1, 0.15) is 5.75 Å². The number of nitrogens with zero attached hydrogens (tertiary/aromatic N) is 1. The first kappa shape index (κ1) is 17.8. The summed E-state index contributed by atoms with van der Waals surface area (Å²) >= 11 is 1.77. The molecule has 1 fully saturated rings. The molecule has 0 bridgehead atoms. The molecule has 2 heterocycles. The zero-order valence-electron chi connectivity index (χ0n) is 15.0. The van der Waals surface area contributed by atoms with Gasteiger partial charge in [-0.05, 0) is 55.1 Å². The normalized spacial score (nSPS) is 17.0. The molecular weight excluding hydrogens is 356 g/mol. The van der Waals surface area contributed by atoms with Crippen molar-refractivity contribution in [2.24, 2.45) is 0 Å². The molecule has 0 spiro atoms. The number of para-hydroxylation sites is 3. The molecule has 1 saturated heterocycles. The minimum Gasteiger partial charge on any atom is -0.455 e. The second-order valence-corrected chi connectivity index (χ2v) is 7.58. The number of carbonyl (C=O) groups is 1. The van der Waals surface area contributed by atoms with Gasteiger partial charge in [-0.3, -0.25) is 9.69 Å². The standard InChI is InChI=1S/C22H22N2O2S/c25-22(16-24-14-6-11-19(24)21-13-7-15-27-21)23-18-10-4-5-12-20(18)26-17-8-2-1-3-9-17/h1-5,7-10,12-13,15,19H,6,11,14,16H2,(H,23,25). The molecule has 1 atom stereocenters. The Balaban J connectivity index is 1.42. The number of carbonyl (C=O) groups excluding carboxylic acids is 1. The number of benzene rings is 2. The molecule has 1 amide bonds. The number of nitrogens with one attached hydrogen (secondary N) is 1. The molecule has 2 aromatic carbocycles. The van der Waals surface area contributed by atoms with Crippen LogP contribution in [0.5, 0.6) is 11.5 Å². The molecule has 1 unspecified atom stereocenters. The van der Waals surface area contributed by atoms with E-state index in [9.17, 15) is 4.79 Å². The first-order valence-electron chi connectivity index (χ1n) is 9.19. The van der Waals surface area contributed by atoms with Crippen LogP contribution >= 0.6 is 11.3 Å². The van der Waals surface area contributed by atoms with Gasteiger partial charge in [0, 0.05) is 10.9 Å². The highest BCUT2D eigenvalue weighted by Crippen LogP contribution is 2.34. The third kappa shape index (κ3) is 4.38. The molecule has 0 saturated carbocycles. The molecule has 0 radical (unpaired) electrons. The average molecular weight is 378 g/mol. The van der Waals surface area contributed by atoms with Crippen LogP contribution in [-0.2, 0) is 4.79 Å². The molecule has 27 heavy (non-hydrogen) atoms. The topological polar surface area (TPSA) is 41.6 Å². The van der Waals surface area contributed by atoms with Crippen molar-refractivity contribution in [3.63, 3.8) is 0 Å². The lowest BCUT2D eigenvalue weighted by molar-refractivity contribution is -0.117. The van der Waals surface area contributed by atoms with Crippen LogP contribution in [0.4, 0.5) is 5.69 Å². The number of hydrogen-bond donors (Lipinski definition) is 1. The average Bonchev–Trinajstić information content (AvgIpc) is 3.36. The van der Waals surface area contributed by atoms with Crippen LogP contribution in [0.15, 0.2) is 72.1 Å². The van der Waals surface area contributed by atoms with Gasteiger partial charge in [-0.2, -0.15) is 0 Å². The Kier molecular flexibility index (Phi) is 5.51. The maximum Gasteiger partial charge on any atom is 0.238 e. The predicted molar refractivity (Wildman–Crippen MR) is 109 cm³/mol. The Hall–Kier alpha value is -2.63. The van der Waals surface area contributed by atoms with Gasteiger partial charge >= 0.3 is 0 Å². The van der Waals surface area contributed by atoms with E-state index in [1.54, 1.807) is 11.3 Å². The highest BCUT2D eigenvalue weighted by atomic mass is 32.1. The fourth-order valence-corrected chi connectivity index (χ4v) is 4.36. The van der Waals surface area contributed by atoms with Crippen molar-refractivity contribution < 1.29 is 9.53 Å². The Morgan fingerprint density at radius 3 is 2.70 bits per heavy atom. The minimum absolute atomic E-state index is 0.0115. The summed E-state index contributed by atoms with van der Waals surface area (Å²) in [6, 6.07) is 21.7. The molecule has 1 aromatic heterocycles. The molecule has 138 valence electrons. The Morgan fingerprint density at radius 1 is 1.07 bits per heavy atom. The van der Waals surface area contributed by atoms with Gasteiger partial charge in [-0.25, -0.2) is 0 Å². The molecule has 3 aromatic rings. The molecular formula is C22H22N2O2S. The Bertz CT molecular complexity index is 880. The van der Waals surface area contributed by atoms with E-state index in [0.29, 0.717) is 24.0 Å². The lowest BCUT2D eigenvalue weighted by Gasteiger charge is -2.23. The van der Waals surface area contributed by atoms with Gasteiger partial charge in [0.05, 0.1) is 12.2 Å². The monoisotopic (exact) mass is 378 g/mol. The Labute approximate surface area is 163 Å². The van der Waals surface area contributed by atoms with Crippen LogP contribution < -0.4 is 10.1 Å². The summed E-state index contributed by atoms with van der Waals surface area (Å²) in [6.07, 6.45) is 2.24. The molecule has 1 N–H and O–H groups in total. The fourth-order valence-electron chi connectivity index (χ4n) is 3.47. The van der Waals surface area contributed by atoms with E-state index >= 15 is 0 Å². The van der Waals surface area contributed by atoms with Crippen molar-refractivity contribution in [2.75, 3.05) is 18.4 Å². The zero-order chi connectivity index (χ0) is 18.5. The summed E-state index contributed by atoms with van der Waals surface area (Å²) in [5.41, 5.74) is 0.693. The van der Waals surface area contributed by atoms with Crippen LogP contribution in [0.2, 0.25) is 0 Å². The number of amides is 1. The smallest absolute Gasteiger partial charge is 0.238 e. The quantitative estimate of drug-likeness (QED) is 0.631. The molecule has 1 aliphatic heterocycles. The first-order valence-corrected chi connectivity index (χ1v) is 10.1. The first-order chi connectivity index (χ1) is 13.3. The van der Waals surface area contributed by atoms with Crippen LogP contribution in [0.25, 0.3) is 0 Å². The van der Waals surface area contributed by atoms with E-state index in [2.05, 4.69) is 27.7 Å². The third-order valence-corrected chi connectivity index (χ3v) is 5.69. The van der Waals surface area contributed by atoms with Crippen molar-refractivity contribution in [2.45, 2.75) is 18.9 Å². The van der Waals surface area contributed by atoms with Gasteiger partial charge in [-0.15, -0.1) is 11.3 Å². The maximum atomic E-state index is 12.7. The van der Waals surface area contributed by atoms with Crippen LogP contribution in [0.3, 0.4) is 0 Å². The highest BCUT2D eigenvalue weighted by Gasteiger charge is 2.28. The van der Waals surface area contributed by atoms with Gasteiger partial charge in [0.2, 0.25) is 5.91 Å². The van der Waals surface area contributed by atoms with Gasteiger partial charge in [0.25, 0.3) is 0 Å². The summed E-state index contributed by atoms with van der Waals surface area (Å²) in [7, 11) is 0. The summed E-state index contributed by atoms with van der Waals surface area (Å²) in [5, 5.41) is 5.12. The molecule has 4 rings (SSSR count). The fraction of sp³-hybridized carbons (Fsp3) is 0.227. The largest absolute Gasteiger partial charge is 0.455 e. The SMILES string of the molecule is O=C(CN1CCCC1c1cccs1)Nc1ccccc1Oc1ccccc1. The van der Waals surface area contributed by atoms with Crippen molar-refractivity contribution in [3.8, 4) is 11.5 Å². The number of ether oxygens (including phenoxy) is 1. The maximum absolute atomic E-state index is 12.7. The number of hydrogen-bond acceptors (Lipinski definition) is 4. The van der Waals surface area contributed by atoms with Gasteiger partial charge in [-0.1, -0.05) is 36.4 Å². The third-order valence-electron chi connectivity index (χ3n) is 4.71. The second kappa shape index (κ2) is 8.37. The summed E-state index contributed by atoms with van der Waals surface area (Å²) in [6.45, 7) is 1.35. The Morgan fingerprint density at radius 2 is 1.89 bits per heavy atom. The second-order valence-electron chi connectivity index (χ2n) is 6.60. The van der Waals surface area contributed by atoms with E-state index in [4.69, 9.17) is 4.74 Å². The number of rotatable bonds is 6. The van der Waals surface area contributed by atoms with Gasteiger partial charge in [0.15, 0.2) is 5.75 Å². The molecule has 5 heteroatoms. The van der Waals surface area contributed by atoms with Crippen molar-refractivity contribution in [1.82, 2.24) is 4.90 Å². The van der Waals surface area contributed by atoms with Crippen LogP contribution in [-0.4, -0.2) is 23.9 Å². The van der Waals surface area contributed by atoms with E-state index in [1.807, 2.05) is 54.6 Å². The van der Waals surface area contributed by atoms with E-state index in [1.165, 1.54) is 4.88 Å². The van der Waals surface area contributed by atoms with Crippen molar-refractivity contribution in [1.29, 1.82) is 0 Å². The lowest BCUT2D eigenvalue weighted by Crippen LogP contribution is -2.32.